The minimum absolute atomic E-state index is 0.413. The van der Waals surface area contributed by atoms with Gasteiger partial charge in [0.1, 0.15) is 0 Å². The standard InChI is InChI=1S/C10H22NO.2CH3.In/c1-7(2)9(11(5)6)10(12)8(3)4;;;/h7-10H,1-6H3;2*1H3;/q-1;;;+1. The third-order valence-electron chi connectivity index (χ3n) is 2.70. The summed E-state index contributed by atoms with van der Waals surface area (Å²) in [7, 11) is 4.33. The second-order valence-electron chi connectivity index (χ2n) is 5.59. The van der Waals surface area contributed by atoms with E-state index in [9.17, 15) is 0 Å². The van der Waals surface area contributed by atoms with Gasteiger partial charge in [0.25, 0.3) is 0 Å². The van der Waals surface area contributed by atoms with Gasteiger partial charge in [0.05, 0.1) is 0 Å². The van der Waals surface area contributed by atoms with Crippen LogP contribution in [0.5, 0.6) is 0 Å². The van der Waals surface area contributed by atoms with Gasteiger partial charge in [-0.15, -0.1) is 0 Å². The summed E-state index contributed by atoms with van der Waals surface area (Å²) < 4.78 is 10.9. The van der Waals surface area contributed by atoms with Crippen molar-refractivity contribution in [1.82, 2.24) is 4.90 Å². The van der Waals surface area contributed by atoms with E-state index >= 15 is 0 Å². The van der Waals surface area contributed by atoms with Crippen molar-refractivity contribution in [3.8, 4) is 0 Å². The summed E-state index contributed by atoms with van der Waals surface area (Å²) in [5, 5.41) is 0. The van der Waals surface area contributed by atoms with E-state index < -0.39 is 21.9 Å². The molecule has 0 spiro atoms. The zero-order valence-electron chi connectivity index (χ0n) is 11.7. The van der Waals surface area contributed by atoms with Crippen LogP contribution in [0.4, 0.5) is 0 Å². The van der Waals surface area contributed by atoms with Gasteiger partial charge in [0.15, 0.2) is 0 Å². The normalized spacial score (nSPS) is 16.2. The average Bonchev–Trinajstić information content (AvgIpc) is 2.00. The topological polar surface area (TPSA) is 12.5 Å². The maximum atomic E-state index is 6.26. The van der Waals surface area contributed by atoms with Crippen molar-refractivity contribution in [3.05, 3.63) is 0 Å². The second-order valence-corrected chi connectivity index (χ2v) is 12.4. The molecule has 0 rings (SSSR count). The third kappa shape index (κ3) is 5.60. The molecule has 0 fully saturated rings. The Morgan fingerprint density at radius 1 is 0.933 bits per heavy atom. The number of hydrogen-bond acceptors (Lipinski definition) is 2. The average molecular weight is 317 g/mol. The quantitative estimate of drug-likeness (QED) is 0.747. The summed E-state index contributed by atoms with van der Waals surface area (Å²) >= 11 is -1.59. The molecule has 0 aliphatic carbocycles. The van der Waals surface area contributed by atoms with Gasteiger partial charge in [-0.25, -0.2) is 0 Å². The summed E-state index contributed by atoms with van der Waals surface area (Å²) in [4.78, 5) is 2.32. The maximum absolute atomic E-state index is 6.26. The predicted octanol–water partition coefficient (Wildman–Crippen LogP) is 2.86. The molecule has 3 heteroatoms. The molecule has 2 atom stereocenters. The number of likely N-dealkylation sites (N-methyl/N-ethyl adjacent to an activating group) is 1. The first kappa shape index (κ1) is 15.8. The molecule has 0 N–H and O–H groups in total. The Hall–Kier alpha value is 0.790. The van der Waals surface area contributed by atoms with Crippen molar-refractivity contribution < 1.29 is 2.85 Å². The van der Waals surface area contributed by atoms with Crippen molar-refractivity contribution >= 4 is 21.9 Å². The molecule has 15 heavy (non-hydrogen) atoms. The van der Waals surface area contributed by atoms with Gasteiger partial charge in [0.2, 0.25) is 0 Å². The van der Waals surface area contributed by atoms with E-state index in [1.165, 1.54) is 0 Å². The zero-order valence-corrected chi connectivity index (χ0v) is 15.0. The molecule has 0 aromatic rings. The van der Waals surface area contributed by atoms with Crippen molar-refractivity contribution in [2.75, 3.05) is 14.1 Å². The molecule has 0 saturated heterocycles. The molecule has 2 unspecified atom stereocenters. The summed E-state index contributed by atoms with van der Waals surface area (Å²) in [6.07, 6.45) is 0.413. The van der Waals surface area contributed by atoms with Crippen LogP contribution in [0.3, 0.4) is 0 Å². The van der Waals surface area contributed by atoms with Crippen molar-refractivity contribution in [2.24, 2.45) is 11.8 Å². The van der Waals surface area contributed by atoms with E-state index in [0.717, 1.165) is 0 Å². The van der Waals surface area contributed by atoms with Crippen LogP contribution in [0.25, 0.3) is 0 Å². The summed E-state index contributed by atoms with van der Waals surface area (Å²) in [6.45, 7) is 9.13. The number of nitrogens with zero attached hydrogens (tertiary/aromatic N) is 1. The Kier molecular flexibility index (Phi) is 7.56. The molecule has 2 nitrogen and oxygen atoms in total. The molecule has 0 radical (unpaired) electrons. The summed E-state index contributed by atoms with van der Waals surface area (Å²) in [5.41, 5.74) is 0. The van der Waals surface area contributed by atoms with Crippen LogP contribution in [0.2, 0.25) is 9.36 Å². The van der Waals surface area contributed by atoms with E-state index in [-0.39, 0.29) is 0 Å². The summed E-state index contributed by atoms with van der Waals surface area (Å²) in [6, 6.07) is 0.545. The molecule has 0 saturated carbocycles. The van der Waals surface area contributed by atoms with Gasteiger partial charge in [-0.1, -0.05) is 0 Å². The van der Waals surface area contributed by atoms with E-state index in [4.69, 9.17) is 2.85 Å². The first-order valence-electron chi connectivity index (χ1n) is 6.09. The van der Waals surface area contributed by atoms with Crippen LogP contribution >= 0.6 is 0 Å². The SMILES string of the molecule is CC(C)C([O][In]([CH3])[CH3])C(C(C)C)N(C)C. The van der Waals surface area contributed by atoms with Crippen molar-refractivity contribution in [3.63, 3.8) is 0 Å². The van der Waals surface area contributed by atoms with Crippen LogP contribution in [-0.2, 0) is 2.85 Å². The Labute approximate surface area is 105 Å². The Morgan fingerprint density at radius 3 is 1.60 bits per heavy atom. The van der Waals surface area contributed by atoms with Crippen LogP contribution in [0.15, 0.2) is 0 Å². The number of hydrogen-bond donors (Lipinski definition) is 0. The first-order valence-corrected chi connectivity index (χ1v) is 14.0. The van der Waals surface area contributed by atoms with E-state index in [1.54, 1.807) is 0 Å². The minimum atomic E-state index is -1.59. The van der Waals surface area contributed by atoms with E-state index in [0.29, 0.717) is 24.0 Å². The van der Waals surface area contributed by atoms with Gasteiger partial charge >= 0.3 is 105 Å². The van der Waals surface area contributed by atoms with E-state index in [2.05, 4.69) is 56.1 Å². The molecule has 0 aliphatic rings. The third-order valence-corrected chi connectivity index (χ3v) is 5.15. The van der Waals surface area contributed by atoms with Gasteiger partial charge in [0, 0.05) is 0 Å². The summed E-state index contributed by atoms with van der Waals surface area (Å²) in [5.74, 6) is 1.26. The van der Waals surface area contributed by atoms with E-state index in [1.807, 2.05) is 0 Å². The molecular formula is C12H28InNO. The second kappa shape index (κ2) is 7.18. The van der Waals surface area contributed by atoms with Crippen molar-refractivity contribution in [2.45, 2.75) is 49.2 Å². The fourth-order valence-corrected chi connectivity index (χ4v) is 5.37. The first-order chi connectivity index (χ1) is 6.77. The Bertz CT molecular complexity index is 161. The molecule has 0 aromatic heterocycles. The zero-order chi connectivity index (χ0) is 12.2. The fraction of sp³-hybridized carbons (Fsp3) is 1.00. The molecule has 90 valence electrons. The van der Waals surface area contributed by atoms with Gasteiger partial charge in [-0.05, 0) is 0 Å². The van der Waals surface area contributed by atoms with Gasteiger partial charge in [-0.2, -0.15) is 0 Å². The molecular weight excluding hydrogens is 289 g/mol. The van der Waals surface area contributed by atoms with Crippen molar-refractivity contribution in [1.29, 1.82) is 0 Å². The van der Waals surface area contributed by atoms with Gasteiger partial charge in [-0.3, -0.25) is 0 Å². The molecule has 0 aliphatic heterocycles. The molecule has 0 aromatic carbocycles. The fourth-order valence-electron chi connectivity index (χ4n) is 2.22. The monoisotopic (exact) mass is 317 g/mol. The van der Waals surface area contributed by atoms with Crippen LogP contribution in [0, 0.1) is 11.8 Å². The van der Waals surface area contributed by atoms with Crippen LogP contribution in [0.1, 0.15) is 27.7 Å². The predicted molar refractivity (Wildman–Crippen MR) is 69.5 cm³/mol. The molecule has 0 heterocycles. The Balaban J connectivity index is 4.68. The number of rotatable bonds is 6. The van der Waals surface area contributed by atoms with Gasteiger partial charge < -0.3 is 0 Å². The molecule has 0 bridgehead atoms. The van der Waals surface area contributed by atoms with Crippen LogP contribution < -0.4 is 0 Å². The Morgan fingerprint density at radius 2 is 1.40 bits per heavy atom. The molecule has 0 amide bonds. The van der Waals surface area contributed by atoms with Crippen LogP contribution in [-0.4, -0.2) is 53.0 Å².